The van der Waals surface area contributed by atoms with Gasteiger partial charge in [-0.15, -0.1) is 11.3 Å². The first-order valence-electron chi connectivity index (χ1n) is 19.4. The van der Waals surface area contributed by atoms with Crippen LogP contribution in [0.15, 0.2) is 54.0 Å². The van der Waals surface area contributed by atoms with Crippen LogP contribution in [0.2, 0.25) is 0 Å². The van der Waals surface area contributed by atoms with E-state index in [1.54, 1.807) is 38.1 Å². The van der Waals surface area contributed by atoms with Crippen LogP contribution in [0.3, 0.4) is 0 Å². The standard InChI is InChI=1S/C41H49F6N3O7S/c1-4-12-31-39(57-27-25-32(58-26-27)41(45,46)47,18-11-22-50(31)34(51)33-29(40(42,43)44)14-10-21-48-33)35(52)49(3)23-19-38(55,5-2)28-13-6-7-15-30(28)56-24-20-37(36(53)54)16-8-9-17-37/h6-7,10,13-15,21,25-26,31,55H,4-5,8-9,11-12,16-20,22-24H2,1-3H3,(H,53,54)/t31-,38?,39+/m1/s1. The Balaban J connectivity index is 1.45. The molecule has 2 aliphatic rings. The smallest absolute Gasteiger partial charge is 0.425 e. The number of aromatic nitrogens is 1. The number of aliphatic carboxylic acids is 1. The van der Waals surface area contributed by atoms with Crippen molar-refractivity contribution in [2.24, 2.45) is 5.41 Å². The number of hydrogen-bond donors (Lipinski definition) is 2. The van der Waals surface area contributed by atoms with Gasteiger partial charge in [0.25, 0.3) is 11.8 Å². The maximum atomic E-state index is 14.9. The van der Waals surface area contributed by atoms with Gasteiger partial charge in [0.05, 0.1) is 29.2 Å². The molecule has 0 bridgehead atoms. The highest BCUT2D eigenvalue weighted by atomic mass is 32.1. The number of carboxylic acid groups (broad SMARTS) is 1. The number of alkyl halides is 6. The molecule has 1 aromatic carbocycles. The third-order valence-corrected chi connectivity index (χ3v) is 12.5. The molecule has 3 heterocycles. The Morgan fingerprint density at radius 1 is 0.983 bits per heavy atom. The fourth-order valence-electron chi connectivity index (χ4n) is 8.31. The summed E-state index contributed by atoms with van der Waals surface area (Å²) >= 11 is 0.352. The van der Waals surface area contributed by atoms with E-state index < -0.39 is 68.9 Å². The number of thiophene rings is 1. The minimum atomic E-state index is -4.93. The fourth-order valence-corrected chi connectivity index (χ4v) is 8.99. The lowest BCUT2D eigenvalue weighted by Crippen LogP contribution is -2.67. The monoisotopic (exact) mass is 841 g/mol. The maximum absolute atomic E-state index is 14.9. The molecule has 1 saturated heterocycles. The molecule has 2 N–H and O–H groups in total. The van der Waals surface area contributed by atoms with E-state index in [-0.39, 0.29) is 64.0 Å². The molecule has 10 nitrogen and oxygen atoms in total. The van der Waals surface area contributed by atoms with Crippen molar-refractivity contribution in [2.45, 2.75) is 114 Å². The molecule has 2 amide bonds. The highest BCUT2D eigenvalue weighted by Crippen LogP contribution is 2.44. The van der Waals surface area contributed by atoms with Crippen LogP contribution in [0.1, 0.15) is 111 Å². The molecular formula is C41H49F6N3O7S. The van der Waals surface area contributed by atoms with Crippen molar-refractivity contribution in [3.63, 3.8) is 0 Å². The second kappa shape index (κ2) is 17.9. The van der Waals surface area contributed by atoms with Gasteiger partial charge in [0.15, 0.2) is 0 Å². The van der Waals surface area contributed by atoms with Gasteiger partial charge in [0.1, 0.15) is 22.1 Å². The number of amides is 2. The quantitative estimate of drug-likeness (QED) is 0.137. The molecule has 2 aromatic heterocycles. The van der Waals surface area contributed by atoms with Crippen molar-refractivity contribution in [1.29, 1.82) is 0 Å². The lowest BCUT2D eigenvalue weighted by atomic mass is 9.79. The van der Waals surface area contributed by atoms with Crippen molar-refractivity contribution in [1.82, 2.24) is 14.8 Å². The number of likely N-dealkylation sites (tertiary alicyclic amines) is 1. The highest BCUT2D eigenvalue weighted by Gasteiger charge is 2.56. The van der Waals surface area contributed by atoms with Crippen LogP contribution < -0.4 is 9.47 Å². The Bertz CT molecular complexity index is 1920. The van der Waals surface area contributed by atoms with Crippen LogP contribution >= 0.6 is 11.3 Å². The van der Waals surface area contributed by atoms with Gasteiger partial charge in [-0.2, -0.15) is 26.3 Å². The van der Waals surface area contributed by atoms with E-state index in [0.29, 0.717) is 41.9 Å². The van der Waals surface area contributed by atoms with Gasteiger partial charge in [-0.05, 0) is 63.1 Å². The van der Waals surface area contributed by atoms with Gasteiger partial charge in [0.2, 0.25) is 5.60 Å². The maximum Gasteiger partial charge on any atom is 0.425 e. The molecule has 2 fully saturated rings. The summed E-state index contributed by atoms with van der Waals surface area (Å²) in [5.41, 5.74) is -6.23. The first-order valence-corrected chi connectivity index (χ1v) is 20.3. The Morgan fingerprint density at radius 2 is 1.67 bits per heavy atom. The third-order valence-electron chi connectivity index (χ3n) is 11.6. The average Bonchev–Trinajstić information content (AvgIpc) is 3.88. The van der Waals surface area contributed by atoms with Crippen LogP contribution in [0.4, 0.5) is 26.3 Å². The van der Waals surface area contributed by atoms with Crippen LogP contribution in [0.5, 0.6) is 11.5 Å². The van der Waals surface area contributed by atoms with Gasteiger partial charge in [-0.3, -0.25) is 19.4 Å². The summed E-state index contributed by atoms with van der Waals surface area (Å²) in [6.45, 7) is 3.38. The Morgan fingerprint density at radius 3 is 2.29 bits per heavy atom. The largest absolute Gasteiger partial charge is 0.493 e. The topological polar surface area (TPSA) is 130 Å². The van der Waals surface area contributed by atoms with Crippen molar-refractivity contribution < 1.29 is 60.4 Å². The summed E-state index contributed by atoms with van der Waals surface area (Å²) in [6.07, 6.45) is -5.13. The molecule has 0 spiro atoms. The zero-order chi connectivity index (χ0) is 42.5. The molecule has 1 aliphatic heterocycles. The molecule has 0 radical (unpaired) electrons. The normalized spacial score (nSPS) is 20.7. The van der Waals surface area contributed by atoms with Gasteiger partial charge in [0, 0.05) is 49.8 Å². The van der Waals surface area contributed by atoms with Crippen molar-refractivity contribution in [3.05, 3.63) is 75.7 Å². The number of likely N-dealkylation sites (N-methyl/N-ethyl adjacent to an activating group) is 1. The van der Waals surface area contributed by atoms with Crippen LogP contribution in [-0.4, -0.2) is 81.2 Å². The van der Waals surface area contributed by atoms with E-state index >= 15 is 0 Å². The van der Waals surface area contributed by atoms with Crippen molar-refractivity contribution >= 4 is 29.1 Å². The summed E-state index contributed by atoms with van der Waals surface area (Å²) in [5.74, 6) is -2.65. The number of ether oxygens (including phenoxy) is 2. The number of rotatable bonds is 16. The number of carbonyl (C=O) groups excluding carboxylic acids is 2. The van der Waals surface area contributed by atoms with Gasteiger partial charge < -0.3 is 29.5 Å². The van der Waals surface area contributed by atoms with E-state index in [2.05, 4.69) is 4.98 Å². The number of para-hydroxylation sites is 1. The summed E-state index contributed by atoms with van der Waals surface area (Å²) < 4.78 is 95.8. The SMILES string of the molecule is CCC[C@H]1N(C(=O)c2ncccc2C(F)(F)F)CCC[C@@]1(Oc1csc(C(F)(F)F)c1)C(=O)N(C)CCC(O)(CC)c1ccccc1OCCC1(C(=O)O)CCCC1. The van der Waals surface area contributed by atoms with E-state index in [1.165, 1.54) is 11.9 Å². The lowest BCUT2D eigenvalue weighted by molar-refractivity contribution is -0.158. The number of nitrogens with zero attached hydrogens (tertiary/aromatic N) is 3. The summed E-state index contributed by atoms with van der Waals surface area (Å²) in [7, 11) is 1.43. The van der Waals surface area contributed by atoms with E-state index in [9.17, 15) is 50.9 Å². The molecule has 1 aliphatic carbocycles. The van der Waals surface area contributed by atoms with E-state index in [4.69, 9.17) is 9.47 Å². The second-order valence-corrected chi connectivity index (χ2v) is 16.1. The molecule has 17 heteroatoms. The Kier molecular flexibility index (Phi) is 13.8. The first-order chi connectivity index (χ1) is 27.3. The number of hydrogen-bond acceptors (Lipinski definition) is 8. The summed E-state index contributed by atoms with van der Waals surface area (Å²) in [4.78, 5) is 46.2. The molecule has 5 rings (SSSR count). The third kappa shape index (κ3) is 9.40. The number of carboxylic acids is 1. The molecular weight excluding hydrogens is 793 g/mol. The summed E-state index contributed by atoms with van der Waals surface area (Å²) in [6, 6.07) is 8.08. The molecule has 3 aromatic rings. The molecule has 1 unspecified atom stereocenters. The number of aliphatic hydroxyl groups is 1. The molecule has 58 heavy (non-hydrogen) atoms. The number of piperidine rings is 1. The van der Waals surface area contributed by atoms with E-state index in [1.807, 2.05) is 0 Å². The van der Waals surface area contributed by atoms with Crippen LogP contribution in [0.25, 0.3) is 0 Å². The fraction of sp³-hybridized carbons (Fsp3) is 0.561. The zero-order valence-electron chi connectivity index (χ0n) is 32.6. The van der Waals surface area contributed by atoms with Gasteiger partial charge in [-0.1, -0.05) is 51.3 Å². The minimum Gasteiger partial charge on any atom is -0.493 e. The first kappa shape index (κ1) is 44.7. The Labute approximate surface area is 337 Å². The van der Waals surface area contributed by atoms with Crippen molar-refractivity contribution in [2.75, 3.05) is 26.7 Å². The van der Waals surface area contributed by atoms with Crippen molar-refractivity contribution in [3.8, 4) is 11.5 Å². The Hall–Kier alpha value is -4.38. The average molecular weight is 842 g/mol. The van der Waals surface area contributed by atoms with Crippen LogP contribution in [-0.2, 0) is 27.5 Å². The zero-order valence-corrected chi connectivity index (χ0v) is 33.4. The molecule has 318 valence electrons. The van der Waals surface area contributed by atoms with E-state index in [0.717, 1.165) is 47.5 Å². The lowest BCUT2D eigenvalue weighted by Gasteiger charge is -2.49. The molecule has 3 atom stereocenters. The summed E-state index contributed by atoms with van der Waals surface area (Å²) in [5, 5.41) is 23.1. The molecule has 1 saturated carbocycles. The van der Waals surface area contributed by atoms with Gasteiger partial charge in [-0.25, -0.2) is 0 Å². The number of benzene rings is 1. The minimum absolute atomic E-state index is 0.0442. The number of carbonyl (C=O) groups is 3. The number of pyridine rings is 1. The highest BCUT2D eigenvalue weighted by molar-refractivity contribution is 7.10. The van der Waals surface area contributed by atoms with Crippen LogP contribution in [0, 0.1) is 5.41 Å². The second-order valence-electron chi connectivity index (χ2n) is 15.2. The van der Waals surface area contributed by atoms with Gasteiger partial charge >= 0.3 is 18.3 Å². The predicted molar refractivity (Wildman–Crippen MR) is 202 cm³/mol. The predicted octanol–water partition coefficient (Wildman–Crippen LogP) is 8.96. The number of halogens is 6.